The van der Waals surface area contributed by atoms with E-state index in [1.54, 1.807) is 18.2 Å². The highest BCUT2D eigenvalue weighted by Crippen LogP contribution is 2.27. The lowest BCUT2D eigenvalue weighted by Gasteiger charge is -2.05. The first-order valence-electron chi connectivity index (χ1n) is 7.56. The van der Waals surface area contributed by atoms with E-state index >= 15 is 0 Å². The minimum atomic E-state index is -0.247. The van der Waals surface area contributed by atoms with Crippen molar-refractivity contribution in [2.75, 3.05) is 0 Å². The van der Waals surface area contributed by atoms with Crippen LogP contribution in [0.5, 0.6) is 0 Å². The van der Waals surface area contributed by atoms with Gasteiger partial charge in [-0.25, -0.2) is 0 Å². The normalized spacial score (nSPS) is 11.9. The van der Waals surface area contributed by atoms with Gasteiger partial charge in [-0.1, -0.05) is 46.7 Å². The van der Waals surface area contributed by atoms with Gasteiger partial charge in [-0.3, -0.25) is 4.79 Å². The van der Waals surface area contributed by atoms with Crippen molar-refractivity contribution < 1.29 is 4.79 Å². The zero-order valence-electron chi connectivity index (χ0n) is 13.5. The lowest BCUT2D eigenvalue weighted by Crippen LogP contribution is -2.16. The molecule has 122 valence electrons. The minimum absolute atomic E-state index is 0.247. The molecule has 0 aliphatic rings. The number of aryl methyl sites for hydroxylation is 2. The van der Waals surface area contributed by atoms with Crippen molar-refractivity contribution in [3.05, 3.63) is 75.6 Å². The maximum absolute atomic E-state index is 12.5. The van der Waals surface area contributed by atoms with Crippen LogP contribution in [0.15, 0.2) is 54.0 Å². The van der Waals surface area contributed by atoms with Gasteiger partial charge in [-0.15, -0.1) is 6.58 Å². The summed E-state index contributed by atoms with van der Waals surface area (Å²) in [7, 11) is 0. The Kier molecular flexibility index (Phi) is 4.69. The molecular weight excluding hydrogens is 340 g/mol. The van der Waals surface area contributed by atoms with Crippen molar-refractivity contribution in [1.82, 2.24) is 4.57 Å². The van der Waals surface area contributed by atoms with Gasteiger partial charge in [-0.2, -0.15) is 4.99 Å². The van der Waals surface area contributed by atoms with Crippen molar-refractivity contribution in [1.29, 1.82) is 0 Å². The summed E-state index contributed by atoms with van der Waals surface area (Å²) in [5, 5.41) is 0.703. The molecule has 0 spiro atoms. The Balaban J connectivity index is 2.19. The molecule has 0 unspecified atom stereocenters. The molecule has 0 aliphatic heterocycles. The lowest BCUT2D eigenvalue weighted by atomic mass is 10.1. The number of benzene rings is 2. The number of aromatic nitrogens is 1. The Morgan fingerprint density at radius 3 is 2.62 bits per heavy atom. The molecule has 0 bridgehead atoms. The average molecular weight is 357 g/mol. The first-order chi connectivity index (χ1) is 11.5. The summed E-state index contributed by atoms with van der Waals surface area (Å²) in [6.45, 7) is 8.34. The number of thiazole rings is 1. The van der Waals surface area contributed by atoms with E-state index in [1.807, 2.05) is 42.7 Å². The number of amides is 1. The van der Waals surface area contributed by atoms with Crippen LogP contribution in [0.25, 0.3) is 10.2 Å². The van der Waals surface area contributed by atoms with E-state index < -0.39 is 0 Å². The van der Waals surface area contributed by atoms with Gasteiger partial charge in [0, 0.05) is 17.1 Å². The molecule has 0 saturated carbocycles. The number of carbonyl (C=O) groups excluding carboxylic acids is 1. The molecule has 0 atom stereocenters. The van der Waals surface area contributed by atoms with Gasteiger partial charge in [0.1, 0.15) is 0 Å². The van der Waals surface area contributed by atoms with Crippen LogP contribution in [0.4, 0.5) is 0 Å². The lowest BCUT2D eigenvalue weighted by molar-refractivity contribution is 0.0998. The van der Waals surface area contributed by atoms with E-state index in [0.717, 1.165) is 21.3 Å². The van der Waals surface area contributed by atoms with Crippen molar-refractivity contribution in [3.63, 3.8) is 0 Å². The maximum atomic E-state index is 12.5. The number of fused-ring (bicyclic) bond motifs is 1. The van der Waals surface area contributed by atoms with Crippen LogP contribution in [0, 0.1) is 13.8 Å². The van der Waals surface area contributed by atoms with Crippen molar-refractivity contribution in [2.24, 2.45) is 4.99 Å². The van der Waals surface area contributed by atoms with Crippen LogP contribution in [0.3, 0.4) is 0 Å². The molecule has 3 aromatic rings. The van der Waals surface area contributed by atoms with Crippen LogP contribution in [-0.4, -0.2) is 10.5 Å². The second-order valence-electron chi connectivity index (χ2n) is 5.59. The standard InChI is InChI=1S/C19H17ClN2OS/c1-4-11-22-17-13(3)15(20)9-10-16(17)24-19(22)21-18(23)14-7-5-12(2)6-8-14/h4-10H,1,11H2,2-3H3. The Labute approximate surface area is 149 Å². The fourth-order valence-corrected chi connectivity index (χ4v) is 3.80. The maximum Gasteiger partial charge on any atom is 0.279 e. The van der Waals surface area contributed by atoms with E-state index in [0.29, 0.717) is 21.9 Å². The number of allylic oxidation sites excluding steroid dienone is 1. The number of carbonyl (C=O) groups is 1. The highest BCUT2D eigenvalue weighted by molar-refractivity contribution is 7.16. The zero-order valence-corrected chi connectivity index (χ0v) is 15.1. The molecule has 0 saturated heterocycles. The van der Waals surface area contributed by atoms with Gasteiger partial charge in [-0.05, 0) is 43.7 Å². The summed E-state index contributed by atoms with van der Waals surface area (Å²) in [4.78, 5) is 17.5. The van der Waals surface area contributed by atoms with Crippen molar-refractivity contribution >= 4 is 39.1 Å². The fraction of sp³-hybridized carbons (Fsp3) is 0.158. The third-order valence-corrected chi connectivity index (χ3v) is 5.29. The molecule has 3 nitrogen and oxygen atoms in total. The van der Waals surface area contributed by atoms with Crippen LogP contribution in [0.2, 0.25) is 5.02 Å². The van der Waals surface area contributed by atoms with Crippen molar-refractivity contribution in [3.8, 4) is 0 Å². The summed E-state index contributed by atoms with van der Waals surface area (Å²) in [6.07, 6.45) is 1.79. The van der Waals surface area contributed by atoms with Crippen LogP contribution in [-0.2, 0) is 6.54 Å². The average Bonchev–Trinajstić information content (AvgIpc) is 2.90. The van der Waals surface area contributed by atoms with Gasteiger partial charge < -0.3 is 4.57 Å². The molecule has 1 heterocycles. The molecule has 1 amide bonds. The third kappa shape index (κ3) is 3.07. The molecule has 2 aromatic carbocycles. The largest absolute Gasteiger partial charge is 0.312 e. The molecular formula is C19H17ClN2OS. The molecule has 1 aromatic heterocycles. The number of hydrogen-bond donors (Lipinski definition) is 0. The first-order valence-corrected chi connectivity index (χ1v) is 8.76. The Hall–Kier alpha value is -2.17. The zero-order chi connectivity index (χ0) is 17.3. The SMILES string of the molecule is C=CCn1c(=NC(=O)c2ccc(C)cc2)sc2ccc(Cl)c(C)c21. The van der Waals surface area contributed by atoms with Crippen molar-refractivity contribution in [2.45, 2.75) is 20.4 Å². The summed E-state index contributed by atoms with van der Waals surface area (Å²) >= 11 is 7.74. The molecule has 0 aliphatic carbocycles. The highest BCUT2D eigenvalue weighted by Gasteiger charge is 2.12. The number of halogens is 1. The minimum Gasteiger partial charge on any atom is -0.312 e. The second-order valence-corrected chi connectivity index (χ2v) is 7.00. The number of nitrogens with zero attached hydrogens (tertiary/aromatic N) is 2. The summed E-state index contributed by atoms with van der Waals surface area (Å²) in [5.74, 6) is -0.247. The Bertz CT molecular complexity index is 997. The summed E-state index contributed by atoms with van der Waals surface area (Å²) in [6, 6.07) is 11.3. The molecule has 5 heteroatoms. The van der Waals surface area contributed by atoms with Crippen LogP contribution < -0.4 is 4.80 Å². The first kappa shape index (κ1) is 16.7. The van der Waals surface area contributed by atoms with E-state index in [2.05, 4.69) is 11.6 Å². The third-order valence-electron chi connectivity index (χ3n) is 3.84. The molecule has 24 heavy (non-hydrogen) atoms. The van der Waals surface area contributed by atoms with Gasteiger partial charge in [0.15, 0.2) is 4.80 Å². The van der Waals surface area contributed by atoms with Gasteiger partial charge in [0.05, 0.1) is 10.2 Å². The Morgan fingerprint density at radius 2 is 1.96 bits per heavy atom. The van der Waals surface area contributed by atoms with E-state index in [-0.39, 0.29) is 5.91 Å². The molecule has 3 rings (SSSR count). The van der Waals surface area contributed by atoms with Gasteiger partial charge >= 0.3 is 0 Å². The summed E-state index contributed by atoms with van der Waals surface area (Å²) in [5.41, 5.74) is 3.68. The van der Waals surface area contributed by atoms with E-state index in [9.17, 15) is 4.79 Å². The monoisotopic (exact) mass is 356 g/mol. The Morgan fingerprint density at radius 1 is 1.25 bits per heavy atom. The molecule has 0 fully saturated rings. The van der Waals surface area contributed by atoms with Gasteiger partial charge in [0.2, 0.25) is 0 Å². The van der Waals surface area contributed by atoms with E-state index in [1.165, 1.54) is 11.3 Å². The summed E-state index contributed by atoms with van der Waals surface area (Å²) < 4.78 is 3.04. The predicted molar refractivity (Wildman–Crippen MR) is 101 cm³/mol. The molecule has 0 N–H and O–H groups in total. The topological polar surface area (TPSA) is 34.4 Å². The van der Waals surface area contributed by atoms with E-state index in [4.69, 9.17) is 11.6 Å². The highest BCUT2D eigenvalue weighted by atomic mass is 35.5. The number of hydrogen-bond acceptors (Lipinski definition) is 2. The number of rotatable bonds is 3. The van der Waals surface area contributed by atoms with Crippen LogP contribution in [0.1, 0.15) is 21.5 Å². The second kappa shape index (κ2) is 6.75. The van der Waals surface area contributed by atoms with Crippen LogP contribution >= 0.6 is 22.9 Å². The molecule has 0 radical (unpaired) electrons. The van der Waals surface area contributed by atoms with Gasteiger partial charge in [0.25, 0.3) is 5.91 Å². The predicted octanol–water partition coefficient (Wildman–Crippen LogP) is 4.90. The quantitative estimate of drug-likeness (QED) is 0.614. The smallest absolute Gasteiger partial charge is 0.279 e. The fourth-order valence-electron chi connectivity index (χ4n) is 2.55.